The Kier molecular flexibility index (Phi) is 3.45. The third-order valence-electron chi connectivity index (χ3n) is 3.14. The molecule has 17 heavy (non-hydrogen) atoms. The summed E-state index contributed by atoms with van der Waals surface area (Å²) >= 11 is 0. The van der Waals surface area contributed by atoms with Gasteiger partial charge in [-0.15, -0.1) is 0 Å². The predicted molar refractivity (Wildman–Crippen MR) is 63.2 cm³/mol. The van der Waals surface area contributed by atoms with E-state index in [1.165, 1.54) is 0 Å². The topological polar surface area (TPSA) is 61.5 Å². The molecule has 0 bridgehead atoms. The number of carbonyl (C=O) groups is 1. The molecule has 2 rings (SSSR count). The van der Waals surface area contributed by atoms with Crippen LogP contribution in [-0.4, -0.2) is 24.7 Å². The number of esters is 1. The van der Waals surface area contributed by atoms with E-state index in [9.17, 15) is 4.79 Å². The van der Waals surface area contributed by atoms with E-state index in [4.69, 9.17) is 15.2 Å². The molecule has 0 aromatic heterocycles. The second-order valence-electron chi connectivity index (χ2n) is 4.48. The molecule has 4 nitrogen and oxygen atoms in total. The standard InChI is InChI=1S/C13H17NO3/c1-16-11-7-13(14,8-11)12(15)17-9-10-5-3-2-4-6-10/h2-6,11H,7-9,14H2,1H3. The molecule has 0 heterocycles. The highest BCUT2D eigenvalue weighted by Gasteiger charge is 2.48. The van der Waals surface area contributed by atoms with Crippen molar-refractivity contribution in [3.63, 3.8) is 0 Å². The quantitative estimate of drug-likeness (QED) is 0.797. The lowest BCUT2D eigenvalue weighted by molar-refractivity contribution is -0.161. The van der Waals surface area contributed by atoms with Crippen molar-refractivity contribution in [3.05, 3.63) is 35.9 Å². The van der Waals surface area contributed by atoms with Crippen LogP contribution in [0.1, 0.15) is 18.4 Å². The van der Waals surface area contributed by atoms with Gasteiger partial charge in [-0.25, -0.2) is 0 Å². The minimum atomic E-state index is -0.852. The molecule has 92 valence electrons. The largest absolute Gasteiger partial charge is 0.459 e. The fourth-order valence-corrected chi connectivity index (χ4v) is 1.95. The van der Waals surface area contributed by atoms with Crippen LogP contribution in [0, 0.1) is 0 Å². The number of ether oxygens (including phenoxy) is 2. The van der Waals surface area contributed by atoms with Gasteiger partial charge in [-0.1, -0.05) is 30.3 Å². The number of carbonyl (C=O) groups excluding carboxylic acids is 1. The Morgan fingerprint density at radius 1 is 1.41 bits per heavy atom. The van der Waals surface area contributed by atoms with Crippen molar-refractivity contribution in [2.75, 3.05) is 7.11 Å². The molecule has 1 aromatic carbocycles. The molecule has 1 saturated carbocycles. The van der Waals surface area contributed by atoms with Crippen LogP contribution in [-0.2, 0) is 20.9 Å². The second-order valence-corrected chi connectivity index (χ2v) is 4.48. The van der Waals surface area contributed by atoms with Gasteiger partial charge in [0.25, 0.3) is 0 Å². The zero-order valence-electron chi connectivity index (χ0n) is 9.89. The Balaban J connectivity index is 1.82. The van der Waals surface area contributed by atoms with Gasteiger partial charge >= 0.3 is 5.97 Å². The Hall–Kier alpha value is -1.39. The molecule has 0 aliphatic heterocycles. The minimum absolute atomic E-state index is 0.0873. The van der Waals surface area contributed by atoms with Crippen LogP contribution in [0.25, 0.3) is 0 Å². The van der Waals surface area contributed by atoms with Crippen molar-refractivity contribution in [2.45, 2.75) is 31.1 Å². The van der Waals surface area contributed by atoms with Crippen LogP contribution in [0.4, 0.5) is 0 Å². The number of rotatable bonds is 4. The van der Waals surface area contributed by atoms with Crippen molar-refractivity contribution in [1.29, 1.82) is 0 Å². The summed E-state index contributed by atoms with van der Waals surface area (Å²) in [7, 11) is 1.62. The Morgan fingerprint density at radius 3 is 2.65 bits per heavy atom. The van der Waals surface area contributed by atoms with Crippen molar-refractivity contribution in [2.24, 2.45) is 5.73 Å². The molecular weight excluding hydrogens is 218 g/mol. The molecule has 4 heteroatoms. The van der Waals surface area contributed by atoms with Crippen LogP contribution < -0.4 is 5.73 Å². The van der Waals surface area contributed by atoms with Crippen LogP contribution in [0.2, 0.25) is 0 Å². The number of hydrogen-bond donors (Lipinski definition) is 1. The average molecular weight is 235 g/mol. The minimum Gasteiger partial charge on any atom is -0.459 e. The summed E-state index contributed by atoms with van der Waals surface area (Å²) < 4.78 is 10.3. The van der Waals surface area contributed by atoms with E-state index in [1.807, 2.05) is 30.3 Å². The molecular formula is C13H17NO3. The van der Waals surface area contributed by atoms with E-state index in [1.54, 1.807) is 7.11 Å². The maximum Gasteiger partial charge on any atom is 0.326 e. The number of benzene rings is 1. The van der Waals surface area contributed by atoms with E-state index >= 15 is 0 Å². The molecule has 1 aromatic rings. The molecule has 0 amide bonds. The van der Waals surface area contributed by atoms with Crippen LogP contribution in [0.3, 0.4) is 0 Å². The fraction of sp³-hybridized carbons (Fsp3) is 0.462. The summed E-state index contributed by atoms with van der Waals surface area (Å²) in [5, 5.41) is 0. The van der Waals surface area contributed by atoms with Crippen molar-refractivity contribution in [1.82, 2.24) is 0 Å². The third kappa shape index (κ3) is 2.65. The molecule has 0 atom stereocenters. The fourth-order valence-electron chi connectivity index (χ4n) is 1.95. The van der Waals surface area contributed by atoms with Crippen molar-refractivity contribution in [3.8, 4) is 0 Å². The van der Waals surface area contributed by atoms with Gasteiger partial charge in [0.05, 0.1) is 6.10 Å². The zero-order valence-corrected chi connectivity index (χ0v) is 9.89. The highest BCUT2D eigenvalue weighted by atomic mass is 16.5. The van der Waals surface area contributed by atoms with Gasteiger partial charge < -0.3 is 15.2 Å². The predicted octanol–water partition coefficient (Wildman–Crippen LogP) is 1.24. The summed E-state index contributed by atoms with van der Waals surface area (Å²) in [6.07, 6.45) is 1.16. The van der Waals surface area contributed by atoms with Gasteiger partial charge in [0.15, 0.2) is 0 Å². The molecule has 1 aliphatic rings. The van der Waals surface area contributed by atoms with Gasteiger partial charge in [0.2, 0.25) is 0 Å². The van der Waals surface area contributed by atoms with Crippen LogP contribution in [0.15, 0.2) is 30.3 Å². The SMILES string of the molecule is COC1CC(N)(C(=O)OCc2ccccc2)C1. The molecule has 2 N–H and O–H groups in total. The lowest BCUT2D eigenvalue weighted by Crippen LogP contribution is -2.61. The molecule has 0 unspecified atom stereocenters. The van der Waals surface area contributed by atoms with E-state index < -0.39 is 5.54 Å². The number of hydrogen-bond acceptors (Lipinski definition) is 4. The molecule has 1 aliphatic carbocycles. The van der Waals surface area contributed by atoms with E-state index in [0.717, 1.165) is 5.56 Å². The van der Waals surface area contributed by atoms with Crippen molar-refractivity contribution >= 4 is 5.97 Å². The molecule has 1 fully saturated rings. The monoisotopic (exact) mass is 235 g/mol. The lowest BCUT2D eigenvalue weighted by atomic mass is 9.75. The first-order valence-corrected chi connectivity index (χ1v) is 5.67. The van der Waals surface area contributed by atoms with Crippen LogP contribution >= 0.6 is 0 Å². The number of methoxy groups -OCH3 is 1. The zero-order chi connectivity index (χ0) is 12.3. The normalized spacial score (nSPS) is 27.3. The summed E-state index contributed by atoms with van der Waals surface area (Å²) in [6, 6.07) is 9.56. The first-order chi connectivity index (χ1) is 8.14. The Morgan fingerprint density at radius 2 is 2.06 bits per heavy atom. The smallest absolute Gasteiger partial charge is 0.326 e. The van der Waals surface area contributed by atoms with E-state index in [-0.39, 0.29) is 18.7 Å². The first-order valence-electron chi connectivity index (χ1n) is 5.67. The van der Waals surface area contributed by atoms with E-state index in [0.29, 0.717) is 12.8 Å². The first kappa shape index (κ1) is 12.1. The van der Waals surface area contributed by atoms with Crippen LogP contribution in [0.5, 0.6) is 0 Å². The molecule has 0 spiro atoms. The Labute approximate surface area is 101 Å². The molecule has 0 saturated heterocycles. The summed E-state index contributed by atoms with van der Waals surface area (Å²) in [5.74, 6) is -0.338. The van der Waals surface area contributed by atoms with Gasteiger partial charge in [0.1, 0.15) is 12.1 Å². The van der Waals surface area contributed by atoms with Crippen molar-refractivity contribution < 1.29 is 14.3 Å². The summed E-state index contributed by atoms with van der Waals surface area (Å²) in [6.45, 7) is 0.274. The second kappa shape index (κ2) is 4.85. The van der Waals surface area contributed by atoms with Gasteiger partial charge in [-0.3, -0.25) is 4.79 Å². The maximum absolute atomic E-state index is 11.8. The van der Waals surface area contributed by atoms with Gasteiger partial charge in [-0.2, -0.15) is 0 Å². The average Bonchev–Trinajstić information content (AvgIpc) is 2.33. The van der Waals surface area contributed by atoms with E-state index in [2.05, 4.69) is 0 Å². The number of nitrogens with two attached hydrogens (primary N) is 1. The highest BCUT2D eigenvalue weighted by molar-refractivity contribution is 5.82. The summed E-state index contributed by atoms with van der Waals surface area (Å²) in [4.78, 5) is 11.8. The maximum atomic E-state index is 11.8. The lowest BCUT2D eigenvalue weighted by Gasteiger charge is -2.41. The van der Waals surface area contributed by atoms with Gasteiger partial charge in [-0.05, 0) is 5.56 Å². The summed E-state index contributed by atoms with van der Waals surface area (Å²) in [5.41, 5.74) is 6.04. The van der Waals surface area contributed by atoms with Gasteiger partial charge in [0, 0.05) is 20.0 Å². The highest BCUT2D eigenvalue weighted by Crippen LogP contribution is 2.33. The third-order valence-corrected chi connectivity index (χ3v) is 3.14. The molecule has 0 radical (unpaired) electrons. The Bertz CT molecular complexity index is 385.